The Hall–Kier alpha value is -0.170. The van der Waals surface area contributed by atoms with Crippen molar-refractivity contribution >= 4 is 10.0 Å². The lowest BCUT2D eigenvalue weighted by Gasteiger charge is -2.40. The van der Waals surface area contributed by atoms with Crippen LogP contribution in [0.4, 0.5) is 0 Å². The quantitative estimate of drug-likeness (QED) is 0.800. The van der Waals surface area contributed by atoms with Gasteiger partial charge in [0.25, 0.3) is 0 Å². The molecule has 0 radical (unpaired) electrons. The van der Waals surface area contributed by atoms with E-state index in [0.29, 0.717) is 18.9 Å². The Morgan fingerprint density at radius 2 is 2.12 bits per heavy atom. The molecular weight excluding hydrogens is 242 g/mol. The summed E-state index contributed by atoms with van der Waals surface area (Å²) < 4.78 is 30.8. The van der Waals surface area contributed by atoms with Crippen LogP contribution >= 0.6 is 0 Å². The minimum atomic E-state index is -3.29. The molecule has 100 valence electrons. The Morgan fingerprint density at radius 1 is 1.47 bits per heavy atom. The molecule has 0 aromatic carbocycles. The Labute approximate surface area is 103 Å². The molecule has 2 rings (SSSR count). The molecule has 2 bridgehead atoms. The zero-order valence-corrected chi connectivity index (χ0v) is 11.4. The lowest BCUT2D eigenvalue weighted by atomic mass is 9.82. The van der Waals surface area contributed by atoms with Crippen molar-refractivity contribution in [3.63, 3.8) is 0 Å². The first-order valence-electron chi connectivity index (χ1n) is 6.19. The highest BCUT2D eigenvalue weighted by Gasteiger charge is 2.52. The van der Waals surface area contributed by atoms with Gasteiger partial charge in [-0.3, -0.25) is 0 Å². The van der Waals surface area contributed by atoms with Crippen molar-refractivity contribution in [1.29, 1.82) is 0 Å². The fourth-order valence-electron chi connectivity index (χ4n) is 2.85. The van der Waals surface area contributed by atoms with Gasteiger partial charge in [0.15, 0.2) is 0 Å². The Bertz CT molecular complexity index is 381. The molecule has 2 heterocycles. The van der Waals surface area contributed by atoms with Crippen molar-refractivity contribution in [1.82, 2.24) is 4.31 Å². The van der Waals surface area contributed by atoms with Crippen molar-refractivity contribution in [2.75, 3.05) is 12.4 Å². The van der Waals surface area contributed by atoms with E-state index < -0.39 is 22.4 Å². The van der Waals surface area contributed by atoms with Crippen LogP contribution in [0.1, 0.15) is 27.2 Å². The highest BCUT2D eigenvalue weighted by atomic mass is 32.2. The third-order valence-corrected chi connectivity index (χ3v) is 5.77. The standard InChI is InChI=1S/C11H21NO4S/c1-4-17(14,15)12-8-5-9(7(2)3)10(13)11(12)16-6-8/h7-11,13H,4-6H2,1-3H3/t8-,9-,10-,11-/m0/s1. The average molecular weight is 263 g/mol. The van der Waals surface area contributed by atoms with Gasteiger partial charge in [0.2, 0.25) is 10.0 Å². The summed E-state index contributed by atoms with van der Waals surface area (Å²) in [6, 6.07) is -0.0965. The summed E-state index contributed by atoms with van der Waals surface area (Å²) >= 11 is 0. The van der Waals surface area contributed by atoms with Crippen molar-refractivity contribution in [3.8, 4) is 0 Å². The molecule has 0 saturated carbocycles. The lowest BCUT2D eigenvalue weighted by molar-refractivity contribution is -0.0877. The maximum absolute atomic E-state index is 12.0. The molecular formula is C11H21NO4S. The molecule has 0 aliphatic carbocycles. The van der Waals surface area contributed by atoms with Crippen LogP contribution in [-0.4, -0.2) is 48.6 Å². The molecule has 0 aromatic heterocycles. The number of fused-ring (bicyclic) bond motifs is 2. The van der Waals surface area contributed by atoms with E-state index in [1.807, 2.05) is 0 Å². The lowest BCUT2D eigenvalue weighted by Crippen LogP contribution is -2.56. The number of nitrogens with zero attached hydrogens (tertiary/aromatic N) is 1. The van der Waals surface area contributed by atoms with Gasteiger partial charge in [-0.15, -0.1) is 0 Å². The summed E-state index contributed by atoms with van der Waals surface area (Å²) in [5.41, 5.74) is 0. The second-order valence-corrected chi connectivity index (χ2v) is 7.41. The van der Waals surface area contributed by atoms with Gasteiger partial charge in [-0.2, -0.15) is 4.31 Å². The SMILES string of the molecule is CCS(=O)(=O)N1[C@@H]2CO[C@H]1[C@@H](O)[C@H](C(C)C)C2. The molecule has 6 heteroatoms. The minimum Gasteiger partial charge on any atom is -0.389 e. The summed E-state index contributed by atoms with van der Waals surface area (Å²) in [6.45, 7) is 6.13. The van der Waals surface area contributed by atoms with Gasteiger partial charge in [0, 0.05) is 0 Å². The number of aliphatic hydroxyl groups is 1. The zero-order valence-electron chi connectivity index (χ0n) is 10.5. The van der Waals surface area contributed by atoms with Crippen molar-refractivity contribution < 1.29 is 18.3 Å². The molecule has 5 nitrogen and oxygen atoms in total. The predicted octanol–water partition coefficient (Wildman–Crippen LogP) is 0.400. The maximum atomic E-state index is 12.0. The molecule has 17 heavy (non-hydrogen) atoms. The van der Waals surface area contributed by atoms with Crippen molar-refractivity contribution in [2.45, 2.75) is 45.6 Å². The van der Waals surface area contributed by atoms with Crippen LogP contribution in [0, 0.1) is 11.8 Å². The van der Waals surface area contributed by atoms with Gasteiger partial charge in [-0.25, -0.2) is 8.42 Å². The molecule has 1 N–H and O–H groups in total. The molecule has 0 amide bonds. The molecule has 0 spiro atoms. The van der Waals surface area contributed by atoms with Gasteiger partial charge in [-0.1, -0.05) is 13.8 Å². The van der Waals surface area contributed by atoms with E-state index in [2.05, 4.69) is 13.8 Å². The summed E-state index contributed by atoms with van der Waals surface area (Å²) in [7, 11) is -3.29. The third-order valence-electron chi connectivity index (χ3n) is 3.89. The number of piperidine rings is 1. The summed E-state index contributed by atoms with van der Waals surface area (Å²) in [5.74, 6) is 0.515. The Kier molecular flexibility index (Phi) is 3.51. The first-order chi connectivity index (χ1) is 7.88. The monoisotopic (exact) mass is 263 g/mol. The van der Waals surface area contributed by atoms with E-state index in [0.717, 1.165) is 0 Å². The Morgan fingerprint density at radius 3 is 2.65 bits per heavy atom. The van der Waals surface area contributed by atoms with Crippen LogP contribution in [0.5, 0.6) is 0 Å². The van der Waals surface area contributed by atoms with Crippen LogP contribution in [0.15, 0.2) is 0 Å². The van der Waals surface area contributed by atoms with E-state index in [1.54, 1.807) is 6.92 Å². The largest absolute Gasteiger partial charge is 0.389 e. The highest BCUT2D eigenvalue weighted by molar-refractivity contribution is 7.89. The summed E-state index contributed by atoms with van der Waals surface area (Å²) in [5, 5.41) is 10.2. The van der Waals surface area contributed by atoms with E-state index in [-0.39, 0.29) is 17.7 Å². The maximum Gasteiger partial charge on any atom is 0.216 e. The fourth-order valence-corrected chi connectivity index (χ4v) is 4.25. The van der Waals surface area contributed by atoms with E-state index in [1.165, 1.54) is 4.31 Å². The smallest absolute Gasteiger partial charge is 0.216 e. The summed E-state index contributed by atoms with van der Waals surface area (Å²) in [6.07, 6.45) is -0.699. The van der Waals surface area contributed by atoms with Crippen LogP contribution < -0.4 is 0 Å². The van der Waals surface area contributed by atoms with Gasteiger partial charge >= 0.3 is 0 Å². The highest BCUT2D eigenvalue weighted by Crippen LogP contribution is 2.39. The van der Waals surface area contributed by atoms with Gasteiger partial charge in [-0.05, 0) is 25.2 Å². The average Bonchev–Trinajstić information content (AvgIpc) is 2.62. The molecule has 0 unspecified atom stereocenters. The Balaban J connectivity index is 2.27. The topological polar surface area (TPSA) is 66.8 Å². The molecule has 4 atom stereocenters. The second kappa shape index (κ2) is 4.50. The van der Waals surface area contributed by atoms with Crippen molar-refractivity contribution in [2.24, 2.45) is 11.8 Å². The molecule has 0 aromatic rings. The first-order valence-corrected chi connectivity index (χ1v) is 7.80. The number of hydrogen-bond donors (Lipinski definition) is 1. The van der Waals surface area contributed by atoms with Crippen LogP contribution in [0.3, 0.4) is 0 Å². The van der Waals surface area contributed by atoms with Crippen LogP contribution in [0.2, 0.25) is 0 Å². The number of hydrogen-bond acceptors (Lipinski definition) is 4. The predicted molar refractivity (Wildman–Crippen MR) is 63.8 cm³/mol. The van der Waals surface area contributed by atoms with Gasteiger partial charge in [0.05, 0.1) is 24.5 Å². The number of sulfonamides is 1. The van der Waals surface area contributed by atoms with E-state index in [4.69, 9.17) is 4.74 Å². The normalized spacial score (nSPS) is 38.9. The van der Waals surface area contributed by atoms with E-state index >= 15 is 0 Å². The second-order valence-electron chi connectivity index (χ2n) is 5.24. The van der Waals surface area contributed by atoms with Crippen LogP contribution in [-0.2, 0) is 14.8 Å². The zero-order chi connectivity index (χ0) is 12.8. The van der Waals surface area contributed by atoms with Crippen LogP contribution in [0.25, 0.3) is 0 Å². The molecule has 2 saturated heterocycles. The van der Waals surface area contributed by atoms with Crippen molar-refractivity contribution in [3.05, 3.63) is 0 Å². The fraction of sp³-hybridized carbons (Fsp3) is 1.00. The molecule has 2 aliphatic rings. The minimum absolute atomic E-state index is 0.0580. The number of rotatable bonds is 3. The summed E-state index contributed by atoms with van der Waals surface area (Å²) in [4.78, 5) is 0. The van der Waals surface area contributed by atoms with E-state index in [9.17, 15) is 13.5 Å². The van der Waals surface area contributed by atoms with Gasteiger partial charge in [0.1, 0.15) is 6.23 Å². The molecule has 2 fully saturated rings. The molecule has 2 aliphatic heterocycles. The first kappa shape index (κ1) is 13.3. The third kappa shape index (κ3) is 2.12. The number of ether oxygens (including phenoxy) is 1. The number of aliphatic hydroxyl groups excluding tert-OH is 1. The van der Waals surface area contributed by atoms with Gasteiger partial charge < -0.3 is 9.84 Å².